The van der Waals surface area contributed by atoms with Gasteiger partial charge in [0.2, 0.25) is 0 Å². The van der Waals surface area contributed by atoms with E-state index in [0.717, 1.165) is 0 Å². The average Bonchev–Trinajstić information content (AvgIpc) is 2.40. The first-order valence-corrected chi connectivity index (χ1v) is 2.21. The summed E-state index contributed by atoms with van der Waals surface area (Å²) in [6.07, 6.45) is 0. The van der Waals surface area contributed by atoms with Gasteiger partial charge < -0.3 is 5.73 Å². The second kappa shape index (κ2) is 1.59. The maximum atomic E-state index is 9.62. The van der Waals surface area contributed by atoms with Crippen LogP contribution in [0, 0.1) is 9.81 Å². The number of nitrogens with two attached hydrogens (primary N) is 1. The Labute approximate surface area is 45.2 Å². The predicted octanol–water partition coefficient (Wildman–Crippen LogP) is -0.403. The van der Waals surface area contributed by atoms with Crippen molar-refractivity contribution in [2.45, 2.75) is 18.1 Å². The van der Waals surface area contributed by atoms with Gasteiger partial charge in [0.05, 0.1) is 6.04 Å². The number of rotatable bonds is 2. The predicted molar refractivity (Wildman–Crippen MR) is 27.1 cm³/mol. The van der Waals surface area contributed by atoms with Crippen LogP contribution in [-0.2, 0) is 0 Å². The molecule has 2 N–H and O–H groups in total. The van der Waals surface area contributed by atoms with Crippen molar-refractivity contribution in [3.8, 4) is 0 Å². The monoisotopic (exact) mass is 115 g/mol. The minimum atomic E-state index is -0.549. The van der Waals surface area contributed by atoms with Crippen LogP contribution >= 0.6 is 0 Å². The van der Waals surface area contributed by atoms with E-state index in [-0.39, 0.29) is 0 Å². The third-order valence-electron chi connectivity index (χ3n) is 1.24. The molecule has 5 nitrogen and oxygen atoms in total. The fourth-order valence-electron chi connectivity index (χ4n) is 0.567. The molecule has 0 aliphatic heterocycles. The van der Waals surface area contributed by atoms with Crippen LogP contribution < -0.4 is 5.73 Å². The molecule has 0 aromatic rings. The molecule has 1 aliphatic carbocycles. The third-order valence-corrected chi connectivity index (χ3v) is 1.24. The number of nitrogens with zero attached hydrogens (tertiary/aromatic N) is 2. The van der Waals surface area contributed by atoms with Crippen LogP contribution in [0.5, 0.6) is 0 Å². The molecule has 1 rings (SSSR count). The topological polar surface area (TPSA) is 84.9 Å². The summed E-state index contributed by atoms with van der Waals surface area (Å²) in [6, 6.07) is -1.51. The zero-order valence-electron chi connectivity index (χ0n) is 4.02. The van der Waals surface area contributed by atoms with Gasteiger partial charge in [0.25, 0.3) is 0 Å². The van der Waals surface area contributed by atoms with Gasteiger partial charge >= 0.3 is 0 Å². The lowest BCUT2D eigenvalue weighted by molar-refractivity contribution is 0.947. The highest BCUT2D eigenvalue weighted by atomic mass is 16.3. The lowest BCUT2D eigenvalue weighted by Crippen LogP contribution is -2.04. The van der Waals surface area contributed by atoms with E-state index in [1.54, 1.807) is 0 Å². The number of hydrogen-bond acceptors (Lipinski definition) is 5. The average molecular weight is 115 g/mol. The van der Waals surface area contributed by atoms with Crippen LogP contribution in [0.25, 0.3) is 0 Å². The summed E-state index contributed by atoms with van der Waals surface area (Å²) in [4.78, 5) is 19.2. The van der Waals surface area contributed by atoms with Gasteiger partial charge in [0.15, 0.2) is 0 Å². The molecule has 8 heavy (non-hydrogen) atoms. The van der Waals surface area contributed by atoms with Gasteiger partial charge in [0, 0.05) is 0 Å². The maximum Gasteiger partial charge on any atom is 0.137 e. The Morgan fingerprint density at radius 3 is 1.62 bits per heavy atom. The molecule has 2 atom stereocenters. The lowest BCUT2D eigenvalue weighted by atomic mass is 10.7. The van der Waals surface area contributed by atoms with E-state index >= 15 is 0 Å². The molecule has 44 valence electrons. The first-order valence-electron chi connectivity index (χ1n) is 2.21. The first-order chi connectivity index (χ1) is 3.81. The SMILES string of the molecule is NC1C(N=O)C1N=O. The molecule has 0 aromatic carbocycles. The second-order valence-corrected chi connectivity index (χ2v) is 1.77. The fraction of sp³-hybridized carbons (Fsp3) is 1.00. The molecule has 0 amide bonds. The van der Waals surface area contributed by atoms with Crippen LogP contribution in [0.15, 0.2) is 10.4 Å². The van der Waals surface area contributed by atoms with Gasteiger partial charge in [-0.2, -0.15) is 9.81 Å². The third kappa shape index (κ3) is 0.516. The normalized spacial score (nSPS) is 43.4. The summed E-state index contributed by atoms with van der Waals surface area (Å²) in [5.74, 6) is 0. The van der Waals surface area contributed by atoms with Crippen LogP contribution in [0.4, 0.5) is 0 Å². The Morgan fingerprint density at radius 1 is 1.12 bits per heavy atom. The van der Waals surface area contributed by atoms with E-state index in [0.29, 0.717) is 0 Å². The Bertz CT molecular complexity index is 112. The van der Waals surface area contributed by atoms with Gasteiger partial charge in [-0.1, -0.05) is 10.4 Å². The van der Waals surface area contributed by atoms with Gasteiger partial charge in [-0.15, -0.1) is 0 Å². The van der Waals surface area contributed by atoms with E-state index < -0.39 is 18.1 Å². The molecule has 1 saturated carbocycles. The van der Waals surface area contributed by atoms with Crippen molar-refractivity contribution in [1.82, 2.24) is 0 Å². The van der Waals surface area contributed by atoms with E-state index in [9.17, 15) is 9.81 Å². The molecule has 0 saturated heterocycles. The minimum absolute atomic E-state index is 0.412. The van der Waals surface area contributed by atoms with Gasteiger partial charge in [-0.25, -0.2) is 0 Å². The van der Waals surface area contributed by atoms with E-state index in [1.165, 1.54) is 0 Å². The Balaban J connectivity index is 2.44. The van der Waals surface area contributed by atoms with Crippen LogP contribution in [0.2, 0.25) is 0 Å². The zero-order chi connectivity index (χ0) is 6.15. The van der Waals surface area contributed by atoms with E-state index in [4.69, 9.17) is 5.73 Å². The van der Waals surface area contributed by atoms with Gasteiger partial charge in [0.1, 0.15) is 12.1 Å². The standard InChI is InChI=1S/C3H5N3O2/c4-1-2(5-7)3(1)6-8/h1-3H,4H2. The summed E-state index contributed by atoms with van der Waals surface area (Å²) in [6.45, 7) is 0. The summed E-state index contributed by atoms with van der Waals surface area (Å²) >= 11 is 0. The van der Waals surface area contributed by atoms with Crippen LogP contribution in [0.1, 0.15) is 0 Å². The molecule has 0 radical (unpaired) electrons. The zero-order valence-corrected chi connectivity index (χ0v) is 4.02. The molecular formula is C3H5N3O2. The molecule has 2 unspecified atom stereocenters. The second-order valence-electron chi connectivity index (χ2n) is 1.77. The molecule has 1 fully saturated rings. The molecule has 0 heterocycles. The van der Waals surface area contributed by atoms with Gasteiger partial charge in [-0.3, -0.25) is 0 Å². The fourth-order valence-corrected chi connectivity index (χ4v) is 0.567. The molecular weight excluding hydrogens is 110 g/mol. The van der Waals surface area contributed by atoms with Crippen molar-refractivity contribution in [3.63, 3.8) is 0 Å². The summed E-state index contributed by atoms with van der Waals surface area (Å²) in [7, 11) is 0. The van der Waals surface area contributed by atoms with Crippen molar-refractivity contribution in [3.05, 3.63) is 9.81 Å². The summed E-state index contributed by atoms with van der Waals surface area (Å²) in [5.41, 5.74) is 5.14. The summed E-state index contributed by atoms with van der Waals surface area (Å²) in [5, 5.41) is 5.13. The Morgan fingerprint density at radius 2 is 1.50 bits per heavy atom. The highest BCUT2D eigenvalue weighted by Gasteiger charge is 2.51. The molecule has 0 aromatic heterocycles. The highest BCUT2D eigenvalue weighted by Crippen LogP contribution is 2.26. The maximum absolute atomic E-state index is 9.62. The van der Waals surface area contributed by atoms with Crippen molar-refractivity contribution in [1.29, 1.82) is 0 Å². The summed E-state index contributed by atoms with van der Waals surface area (Å²) < 4.78 is 0. The van der Waals surface area contributed by atoms with Gasteiger partial charge in [-0.05, 0) is 0 Å². The first kappa shape index (κ1) is 5.30. The van der Waals surface area contributed by atoms with Crippen LogP contribution in [-0.4, -0.2) is 18.1 Å². The van der Waals surface area contributed by atoms with Crippen molar-refractivity contribution in [2.24, 2.45) is 16.1 Å². The number of hydrogen-bond donors (Lipinski definition) is 1. The molecule has 1 aliphatic rings. The highest BCUT2D eigenvalue weighted by molar-refractivity contribution is 5.13. The van der Waals surface area contributed by atoms with E-state index in [2.05, 4.69) is 10.4 Å². The lowest BCUT2D eigenvalue weighted by Gasteiger charge is -1.67. The van der Waals surface area contributed by atoms with E-state index in [1.807, 2.05) is 0 Å². The van der Waals surface area contributed by atoms with Crippen molar-refractivity contribution in [2.75, 3.05) is 0 Å². The van der Waals surface area contributed by atoms with Crippen LogP contribution in [0.3, 0.4) is 0 Å². The largest absolute Gasteiger partial charge is 0.324 e. The van der Waals surface area contributed by atoms with Crippen molar-refractivity contribution < 1.29 is 0 Å². The molecule has 0 bridgehead atoms. The van der Waals surface area contributed by atoms with Crippen molar-refractivity contribution >= 4 is 0 Å². The smallest absolute Gasteiger partial charge is 0.137 e. The minimum Gasteiger partial charge on any atom is -0.324 e. The quantitative estimate of drug-likeness (QED) is 0.496. The number of nitroso groups, excluding NO2 is 2. The molecule has 5 heteroatoms. The Hall–Kier alpha value is -0.840. The Kier molecular flexibility index (Phi) is 1.05. The molecule has 0 spiro atoms.